The monoisotopic (exact) mass is 522 g/mol. The van der Waals surface area contributed by atoms with Crippen molar-refractivity contribution in [3.63, 3.8) is 0 Å². The van der Waals surface area contributed by atoms with Gasteiger partial charge in [-0.05, 0) is 60.5 Å². The maximum atomic E-state index is 12.5. The van der Waals surface area contributed by atoms with E-state index >= 15 is 0 Å². The molecular formula is C31H23ClN2O4. The summed E-state index contributed by atoms with van der Waals surface area (Å²) in [5, 5.41) is 10.4. The summed E-state index contributed by atoms with van der Waals surface area (Å²) in [6.07, 6.45) is 0. The molecule has 0 amide bonds. The number of allylic oxidation sites excluding steroid dienone is 1. The number of carbonyl (C=O) groups is 1. The number of fused-ring (bicyclic) bond motifs is 1. The van der Waals surface area contributed by atoms with Gasteiger partial charge in [-0.15, -0.1) is 0 Å². The van der Waals surface area contributed by atoms with Crippen LogP contribution in [0, 0.1) is 18.3 Å². The number of ether oxygens (including phenoxy) is 3. The molecule has 1 unspecified atom stereocenters. The van der Waals surface area contributed by atoms with Crippen molar-refractivity contribution in [1.82, 2.24) is 0 Å². The average Bonchev–Trinajstić information content (AvgIpc) is 2.92. The number of esters is 1. The van der Waals surface area contributed by atoms with Gasteiger partial charge in [-0.2, -0.15) is 5.26 Å². The van der Waals surface area contributed by atoms with Crippen LogP contribution in [-0.4, -0.2) is 5.97 Å². The molecule has 5 rings (SSSR count). The Morgan fingerprint density at radius 1 is 0.974 bits per heavy atom. The number of halogens is 1. The molecule has 2 N–H and O–H groups in total. The van der Waals surface area contributed by atoms with Crippen molar-refractivity contribution in [3.05, 3.63) is 135 Å². The molecule has 7 heteroatoms. The van der Waals surface area contributed by atoms with Gasteiger partial charge in [-0.3, -0.25) is 0 Å². The molecule has 1 heterocycles. The largest absolute Gasteiger partial charge is 0.489 e. The molecule has 1 aliphatic rings. The molecule has 4 aromatic rings. The van der Waals surface area contributed by atoms with Crippen molar-refractivity contribution in [2.24, 2.45) is 5.73 Å². The second kappa shape index (κ2) is 10.7. The van der Waals surface area contributed by atoms with E-state index in [1.54, 1.807) is 42.5 Å². The van der Waals surface area contributed by atoms with E-state index in [0.717, 1.165) is 16.7 Å². The van der Waals surface area contributed by atoms with E-state index in [-0.39, 0.29) is 11.6 Å². The van der Waals surface area contributed by atoms with Gasteiger partial charge in [0.15, 0.2) is 0 Å². The first-order chi connectivity index (χ1) is 18.4. The third kappa shape index (κ3) is 5.34. The number of nitriles is 1. The van der Waals surface area contributed by atoms with Crippen molar-refractivity contribution in [1.29, 1.82) is 5.26 Å². The lowest BCUT2D eigenvalue weighted by Gasteiger charge is -2.26. The molecule has 1 atom stereocenters. The summed E-state index contributed by atoms with van der Waals surface area (Å²) in [6, 6.07) is 29.3. The predicted molar refractivity (Wildman–Crippen MR) is 144 cm³/mol. The molecule has 0 bridgehead atoms. The second-order valence-corrected chi connectivity index (χ2v) is 9.30. The third-order valence-corrected chi connectivity index (χ3v) is 6.47. The van der Waals surface area contributed by atoms with Crippen LogP contribution in [-0.2, 0) is 6.61 Å². The Morgan fingerprint density at radius 2 is 1.66 bits per heavy atom. The molecule has 188 valence electrons. The summed E-state index contributed by atoms with van der Waals surface area (Å²) in [5.74, 6) is 0.433. The quantitative estimate of drug-likeness (QED) is 0.224. The van der Waals surface area contributed by atoms with Crippen LogP contribution >= 0.6 is 11.6 Å². The van der Waals surface area contributed by atoms with Crippen molar-refractivity contribution < 1.29 is 19.0 Å². The zero-order valence-electron chi connectivity index (χ0n) is 20.5. The van der Waals surface area contributed by atoms with Gasteiger partial charge < -0.3 is 19.9 Å². The minimum absolute atomic E-state index is 0.00544. The maximum Gasteiger partial charge on any atom is 0.343 e. The molecule has 0 fully saturated rings. The highest BCUT2D eigenvalue weighted by atomic mass is 35.5. The second-order valence-electron chi connectivity index (χ2n) is 8.86. The van der Waals surface area contributed by atoms with Crippen LogP contribution in [0.15, 0.2) is 102 Å². The predicted octanol–water partition coefficient (Wildman–Crippen LogP) is 6.66. The van der Waals surface area contributed by atoms with Crippen LogP contribution < -0.4 is 19.9 Å². The fourth-order valence-electron chi connectivity index (χ4n) is 4.20. The highest BCUT2D eigenvalue weighted by Gasteiger charge is 2.31. The first-order valence-corrected chi connectivity index (χ1v) is 12.3. The molecule has 0 radical (unpaired) electrons. The minimum Gasteiger partial charge on any atom is -0.489 e. The fraction of sp³-hybridized carbons (Fsp3) is 0.0968. The van der Waals surface area contributed by atoms with Crippen molar-refractivity contribution >= 4 is 17.6 Å². The molecule has 0 saturated carbocycles. The zero-order valence-corrected chi connectivity index (χ0v) is 21.2. The Labute approximate surface area is 225 Å². The van der Waals surface area contributed by atoms with E-state index in [0.29, 0.717) is 34.3 Å². The average molecular weight is 523 g/mol. The fourth-order valence-corrected chi connectivity index (χ4v) is 4.33. The van der Waals surface area contributed by atoms with Gasteiger partial charge >= 0.3 is 5.97 Å². The maximum absolute atomic E-state index is 12.5. The summed E-state index contributed by atoms with van der Waals surface area (Å²) < 4.78 is 17.2. The van der Waals surface area contributed by atoms with Gasteiger partial charge in [0, 0.05) is 16.7 Å². The first-order valence-electron chi connectivity index (χ1n) is 11.9. The minimum atomic E-state index is -0.531. The first kappa shape index (κ1) is 24.9. The number of hydrogen-bond acceptors (Lipinski definition) is 6. The summed E-state index contributed by atoms with van der Waals surface area (Å²) >= 11 is 5.90. The van der Waals surface area contributed by atoms with E-state index in [2.05, 4.69) is 18.2 Å². The number of nitrogens with two attached hydrogens (primary N) is 1. The lowest BCUT2D eigenvalue weighted by atomic mass is 9.83. The molecule has 38 heavy (non-hydrogen) atoms. The zero-order chi connectivity index (χ0) is 26.6. The highest BCUT2D eigenvalue weighted by molar-refractivity contribution is 6.30. The summed E-state index contributed by atoms with van der Waals surface area (Å²) in [5.41, 5.74) is 10.7. The highest BCUT2D eigenvalue weighted by Crippen LogP contribution is 2.43. The Morgan fingerprint density at radius 3 is 2.34 bits per heavy atom. The Kier molecular flexibility index (Phi) is 7.03. The lowest BCUT2D eigenvalue weighted by Crippen LogP contribution is -2.21. The molecule has 1 aliphatic heterocycles. The topological polar surface area (TPSA) is 94.6 Å². The molecule has 4 aromatic carbocycles. The van der Waals surface area contributed by atoms with Gasteiger partial charge in [0.1, 0.15) is 35.5 Å². The van der Waals surface area contributed by atoms with E-state index in [9.17, 15) is 10.1 Å². The van der Waals surface area contributed by atoms with E-state index in [1.807, 2.05) is 43.3 Å². The van der Waals surface area contributed by atoms with Gasteiger partial charge in [0.25, 0.3) is 0 Å². The standard InChI is InChI=1S/C31H23ClN2O4/c1-19-2-4-20(5-3-19)18-36-24-12-8-21(9-13-24)29-26-15-14-25(16-28(26)38-30(34)27(29)17-33)37-31(35)22-6-10-23(32)11-7-22/h2-16,29H,18,34H2,1H3. The third-order valence-electron chi connectivity index (χ3n) is 6.22. The summed E-state index contributed by atoms with van der Waals surface area (Å²) in [6.45, 7) is 2.50. The van der Waals surface area contributed by atoms with Crippen LogP contribution in [0.4, 0.5) is 0 Å². The number of benzene rings is 4. The number of nitrogens with zero attached hydrogens (tertiary/aromatic N) is 1. The van der Waals surface area contributed by atoms with Gasteiger partial charge in [-0.1, -0.05) is 59.6 Å². The Hall–Kier alpha value is -4.73. The molecule has 0 saturated heterocycles. The number of aryl methyl sites for hydroxylation is 1. The summed E-state index contributed by atoms with van der Waals surface area (Å²) in [7, 11) is 0. The van der Waals surface area contributed by atoms with Crippen molar-refractivity contribution in [2.45, 2.75) is 19.4 Å². The van der Waals surface area contributed by atoms with E-state index in [1.165, 1.54) is 5.56 Å². The molecule has 6 nitrogen and oxygen atoms in total. The van der Waals surface area contributed by atoms with Gasteiger partial charge in [0.05, 0.1) is 11.5 Å². The molecule has 0 spiro atoms. The lowest BCUT2D eigenvalue weighted by molar-refractivity contribution is 0.0734. The van der Waals surface area contributed by atoms with E-state index < -0.39 is 11.9 Å². The van der Waals surface area contributed by atoms with Gasteiger partial charge in [-0.25, -0.2) is 4.79 Å². The normalized spacial score (nSPS) is 14.2. The van der Waals surface area contributed by atoms with Crippen molar-refractivity contribution in [2.75, 3.05) is 0 Å². The van der Waals surface area contributed by atoms with Crippen molar-refractivity contribution in [3.8, 4) is 23.3 Å². The SMILES string of the molecule is Cc1ccc(COc2ccc(C3C(C#N)=C(N)Oc4cc(OC(=O)c5ccc(Cl)cc5)ccc43)cc2)cc1. The molecule has 0 aromatic heterocycles. The van der Waals surface area contributed by atoms with Crippen LogP contribution in [0.1, 0.15) is 38.5 Å². The van der Waals surface area contributed by atoms with Crippen LogP contribution in [0.5, 0.6) is 17.2 Å². The Bertz CT molecular complexity index is 1550. The number of carbonyl (C=O) groups excluding carboxylic acids is 1. The Balaban J connectivity index is 1.37. The number of rotatable bonds is 6. The summed E-state index contributed by atoms with van der Waals surface area (Å²) in [4.78, 5) is 12.5. The van der Waals surface area contributed by atoms with Crippen LogP contribution in [0.25, 0.3) is 0 Å². The number of hydrogen-bond donors (Lipinski definition) is 1. The van der Waals surface area contributed by atoms with E-state index in [4.69, 9.17) is 31.5 Å². The molecule has 0 aliphatic carbocycles. The van der Waals surface area contributed by atoms with Crippen LogP contribution in [0.2, 0.25) is 5.02 Å². The van der Waals surface area contributed by atoms with Crippen LogP contribution in [0.3, 0.4) is 0 Å². The van der Waals surface area contributed by atoms with Gasteiger partial charge in [0.2, 0.25) is 5.88 Å². The smallest absolute Gasteiger partial charge is 0.343 e. The molecular weight excluding hydrogens is 500 g/mol.